The lowest BCUT2D eigenvalue weighted by molar-refractivity contribution is -0.156. The zero-order valence-electron chi connectivity index (χ0n) is 22.2. The first-order valence-corrected chi connectivity index (χ1v) is 13.7. The monoisotopic (exact) mass is 550 g/mol. The van der Waals surface area contributed by atoms with E-state index in [1.54, 1.807) is 18.2 Å². The van der Waals surface area contributed by atoms with Crippen LogP contribution in [0.25, 0.3) is 0 Å². The largest absolute Gasteiger partial charge is 0.460 e. The van der Waals surface area contributed by atoms with E-state index in [4.69, 9.17) is 37.3 Å². The molecule has 0 radical (unpaired) electrons. The fraction of sp³-hybridized carbons (Fsp3) is 0.720. The highest BCUT2D eigenvalue weighted by molar-refractivity contribution is 7.86. The van der Waals surface area contributed by atoms with Crippen molar-refractivity contribution >= 4 is 16.1 Å². The lowest BCUT2D eigenvalue weighted by Crippen LogP contribution is -2.24. The maximum absolute atomic E-state index is 11.9. The summed E-state index contributed by atoms with van der Waals surface area (Å²) in [6.07, 6.45) is 0.221. The molecule has 1 aromatic rings. The first-order chi connectivity index (χ1) is 17.7. The van der Waals surface area contributed by atoms with Crippen LogP contribution in [0.4, 0.5) is 0 Å². The average molecular weight is 551 g/mol. The summed E-state index contributed by atoms with van der Waals surface area (Å²) in [5.41, 5.74) is -0.481. The summed E-state index contributed by atoms with van der Waals surface area (Å²) in [6, 6.07) is 7.96. The normalized spacial score (nSPS) is 12.1. The van der Waals surface area contributed by atoms with E-state index >= 15 is 0 Å². The quantitative estimate of drug-likeness (QED) is 0.113. The summed E-state index contributed by atoms with van der Waals surface area (Å²) < 4.78 is 66.2. The summed E-state index contributed by atoms with van der Waals surface area (Å²) in [4.78, 5) is 11.6. The summed E-state index contributed by atoms with van der Waals surface area (Å²) in [6.45, 7) is 10.0. The standard InChI is InChI=1S/C25H42O11S/c1-25(2,3)36-24(26)9-10-29-11-12-30-13-14-31-15-16-32-17-18-33-19-20-34-21-22-35-37(27,28)23-7-5-4-6-8-23/h4-8H,9-22H2,1-3H3. The molecule has 0 saturated carbocycles. The Morgan fingerprint density at radius 1 is 0.622 bits per heavy atom. The number of esters is 1. The van der Waals surface area contributed by atoms with Gasteiger partial charge >= 0.3 is 5.97 Å². The Kier molecular flexibility index (Phi) is 18.4. The lowest BCUT2D eigenvalue weighted by Gasteiger charge is -2.19. The molecule has 0 spiro atoms. The van der Waals surface area contributed by atoms with Crippen molar-refractivity contribution in [2.75, 3.05) is 85.9 Å². The smallest absolute Gasteiger partial charge is 0.308 e. The molecule has 0 aliphatic rings. The van der Waals surface area contributed by atoms with Gasteiger partial charge in [-0.3, -0.25) is 8.98 Å². The van der Waals surface area contributed by atoms with Crippen molar-refractivity contribution in [2.45, 2.75) is 37.7 Å². The van der Waals surface area contributed by atoms with Gasteiger partial charge in [0.15, 0.2) is 0 Å². The van der Waals surface area contributed by atoms with Crippen LogP contribution in [0.1, 0.15) is 27.2 Å². The van der Waals surface area contributed by atoms with Gasteiger partial charge in [0.05, 0.1) is 97.2 Å². The minimum atomic E-state index is -3.75. The first kappa shape index (κ1) is 33.4. The Hall–Kier alpha value is -1.64. The molecular weight excluding hydrogens is 508 g/mol. The van der Waals surface area contributed by atoms with Crippen LogP contribution in [-0.2, 0) is 52.3 Å². The fourth-order valence-corrected chi connectivity index (χ4v) is 3.52. The fourth-order valence-electron chi connectivity index (χ4n) is 2.61. The van der Waals surface area contributed by atoms with Gasteiger partial charge < -0.3 is 33.2 Å². The highest BCUT2D eigenvalue weighted by atomic mass is 32.2. The second-order valence-electron chi connectivity index (χ2n) is 8.60. The van der Waals surface area contributed by atoms with Crippen LogP contribution in [0.5, 0.6) is 0 Å². The molecule has 0 atom stereocenters. The van der Waals surface area contributed by atoms with E-state index < -0.39 is 15.7 Å². The minimum absolute atomic E-state index is 0.0605. The van der Waals surface area contributed by atoms with E-state index in [1.165, 1.54) is 12.1 Å². The van der Waals surface area contributed by atoms with Crippen LogP contribution in [0.15, 0.2) is 35.2 Å². The van der Waals surface area contributed by atoms with Gasteiger partial charge in [-0.25, -0.2) is 0 Å². The van der Waals surface area contributed by atoms with E-state index in [1.807, 2.05) is 20.8 Å². The van der Waals surface area contributed by atoms with Crippen molar-refractivity contribution in [2.24, 2.45) is 0 Å². The number of hydrogen-bond donors (Lipinski definition) is 0. The van der Waals surface area contributed by atoms with Gasteiger partial charge in [-0.05, 0) is 32.9 Å². The van der Waals surface area contributed by atoms with Crippen molar-refractivity contribution in [3.63, 3.8) is 0 Å². The minimum Gasteiger partial charge on any atom is -0.460 e. The van der Waals surface area contributed by atoms with Gasteiger partial charge in [0, 0.05) is 0 Å². The summed E-state index contributed by atoms with van der Waals surface area (Å²) >= 11 is 0. The Morgan fingerprint density at radius 3 is 1.41 bits per heavy atom. The molecule has 12 heteroatoms. The van der Waals surface area contributed by atoms with Gasteiger partial charge in [-0.15, -0.1) is 0 Å². The summed E-state index contributed by atoms with van der Waals surface area (Å²) in [5.74, 6) is -0.276. The Balaban J connectivity index is 1.76. The van der Waals surface area contributed by atoms with Gasteiger partial charge in [-0.2, -0.15) is 8.42 Å². The molecule has 214 valence electrons. The molecule has 0 heterocycles. The molecule has 37 heavy (non-hydrogen) atoms. The number of ether oxygens (including phenoxy) is 7. The van der Waals surface area contributed by atoms with E-state index in [-0.39, 0.29) is 30.5 Å². The summed E-state index contributed by atoms with van der Waals surface area (Å²) in [5, 5.41) is 0. The zero-order chi connectivity index (χ0) is 27.2. The molecule has 0 N–H and O–H groups in total. The van der Waals surface area contributed by atoms with Gasteiger partial charge in [0.2, 0.25) is 0 Å². The van der Waals surface area contributed by atoms with Gasteiger partial charge in [0.25, 0.3) is 10.1 Å². The molecule has 0 fully saturated rings. The first-order valence-electron chi connectivity index (χ1n) is 12.3. The molecule has 0 saturated heterocycles. The Labute approximate surface area is 220 Å². The Bertz CT molecular complexity index is 795. The molecule has 0 amide bonds. The molecular formula is C25H42O11S. The number of carbonyl (C=O) groups excluding carboxylic acids is 1. The third-order valence-electron chi connectivity index (χ3n) is 4.23. The highest BCUT2D eigenvalue weighted by Gasteiger charge is 2.16. The number of carbonyl (C=O) groups is 1. The van der Waals surface area contributed by atoms with Crippen molar-refractivity contribution in [3.8, 4) is 0 Å². The maximum Gasteiger partial charge on any atom is 0.308 e. The number of hydrogen-bond acceptors (Lipinski definition) is 11. The third kappa shape index (κ3) is 20.1. The zero-order valence-corrected chi connectivity index (χ0v) is 23.0. The number of rotatable bonds is 23. The Morgan fingerprint density at radius 2 is 1.00 bits per heavy atom. The predicted molar refractivity (Wildman–Crippen MR) is 135 cm³/mol. The molecule has 1 aromatic carbocycles. The van der Waals surface area contributed by atoms with Crippen LogP contribution >= 0.6 is 0 Å². The van der Waals surface area contributed by atoms with Crippen LogP contribution in [0.2, 0.25) is 0 Å². The van der Waals surface area contributed by atoms with Crippen molar-refractivity contribution < 1.29 is 50.6 Å². The SMILES string of the molecule is CC(C)(C)OC(=O)CCOCCOCCOCCOCCOCCOCCOS(=O)(=O)c1ccccc1. The van der Waals surface area contributed by atoms with Crippen LogP contribution in [0, 0.1) is 0 Å². The second kappa shape index (κ2) is 20.3. The highest BCUT2D eigenvalue weighted by Crippen LogP contribution is 2.11. The molecule has 0 unspecified atom stereocenters. The van der Waals surface area contributed by atoms with Crippen LogP contribution in [-0.4, -0.2) is 106 Å². The van der Waals surface area contributed by atoms with Crippen LogP contribution < -0.4 is 0 Å². The van der Waals surface area contributed by atoms with E-state index in [0.29, 0.717) is 72.7 Å². The average Bonchev–Trinajstić information content (AvgIpc) is 2.84. The van der Waals surface area contributed by atoms with Crippen molar-refractivity contribution in [1.82, 2.24) is 0 Å². The van der Waals surface area contributed by atoms with Gasteiger partial charge in [0.1, 0.15) is 5.60 Å². The predicted octanol–water partition coefficient (Wildman–Crippen LogP) is 2.22. The third-order valence-corrected chi connectivity index (χ3v) is 5.56. The molecule has 0 aliphatic carbocycles. The van der Waals surface area contributed by atoms with Gasteiger partial charge in [-0.1, -0.05) is 18.2 Å². The number of benzene rings is 1. The lowest BCUT2D eigenvalue weighted by atomic mass is 10.2. The molecule has 0 aromatic heterocycles. The molecule has 0 aliphatic heterocycles. The van der Waals surface area contributed by atoms with Crippen molar-refractivity contribution in [3.05, 3.63) is 30.3 Å². The van der Waals surface area contributed by atoms with E-state index in [2.05, 4.69) is 0 Å². The van der Waals surface area contributed by atoms with E-state index in [0.717, 1.165) is 0 Å². The second-order valence-corrected chi connectivity index (χ2v) is 10.2. The maximum atomic E-state index is 11.9. The van der Waals surface area contributed by atoms with E-state index in [9.17, 15) is 13.2 Å². The van der Waals surface area contributed by atoms with Crippen molar-refractivity contribution in [1.29, 1.82) is 0 Å². The topological polar surface area (TPSA) is 125 Å². The molecule has 0 bridgehead atoms. The summed E-state index contributed by atoms with van der Waals surface area (Å²) in [7, 11) is -3.75. The molecule has 11 nitrogen and oxygen atoms in total. The molecule has 1 rings (SSSR count). The van der Waals surface area contributed by atoms with Crippen LogP contribution in [0.3, 0.4) is 0 Å².